The van der Waals surface area contributed by atoms with Gasteiger partial charge in [-0.15, -0.1) is 22.7 Å². The molecular weight excluding hydrogens is 301 g/mol. The van der Waals surface area contributed by atoms with Crippen LogP contribution < -0.4 is 5.32 Å². The Labute approximate surface area is 132 Å². The Kier molecular flexibility index (Phi) is 4.11. The number of benzene rings is 1. The van der Waals surface area contributed by atoms with Crippen molar-refractivity contribution >= 4 is 32.8 Å². The third-order valence-electron chi connectivity index (χ3n) is 3.54. The summed E-state index contributed by atoms with van der Waals surface area (Å²) in [5, 5.41) is 4.69. The smallest absolute Gasteiger partial charge is 0.124 e. The Morgan fingerprint density at radius 2 is 1.95 bits per heavy atom. The molecule has 1 unspecified atom stereocenters. The summed E-state index contributed by atoms with van der Waals surface area (Å²) in [7, 11) is 0. The maximum Gasteiger partial charge on any atom is 0.124 e. The summed E-state index contributed by atoms with van der Waals surface area (Å²) in [4.78, 5) is 3.95. The molecular formula is C17H18FNS2. The fourth-order valence-corrected chi connectivity index (χ4v) is 5.02. The summed E-state index contributed by atoms with van der Waals surface area (Å²) < 4.78 is 14.4. The fraction of sp³-hybridized carbons (Fsp3) is 0.294. The summed E-state index contributed by atoms with van der Waals surface area (Å²) in [5.74, 6) is -0.168. The second kappa shape index (κ2) is 5.87. The maximum absolute atomic E-state index is 13.4. The molecule has 0 spiro atoms. The average molecular weight is 319 g/mol. The summed E-state index contributed by atoms with van der Waals surface area (Å²) in [6, 6.07) is 9.63. The molecule has 3 aromatic rings. The highest BCUT2D eigenvalue weighted by atomic mass is 32.1. The Hall–Kier alpha value is -1.23. The molecule has 0 fully saturated rings. The van der Waals surface area contributed by atoms with Gasteiger partial charge in [0, 0.05) is 19.3 Å². The van der Waals surface area contributed by atoms with Gasteiger partial charge >= 0.3 is 0 Å². The summed E-state index contributed by atoms with van der Waals surface area (Å²) in [6.45, 7) is 7.33. The van der Waals surface area contributed by atoms with E-state index in [1.807, 2.05) is 17.4 Å². The number of fused-ring (bicyclic) bond motifs is 1. The van der Waals surface area contributed by atoms with Crippen LogP contribution in [-0.4, -0.2) is 6.54 Å². The van der Waals surface area contributed by atoms with Crippen molar-refractivity contribution < 1.29 is 4.39 Å². The number of nitrogens with one attached hydrogen (secondary N) is 1. The van der Waals surface area contributed by atoms with Crippen molar-refractivity contribution in [2.75, 3.05) is 6.54 Å². The molecule has 1 aromatic carbocycles. The topological polar surface area (TPSA) is 12.0 Å². The largest absolute Gasteiger partial charge is 0.305 e. The lowest BCUT2D eigenvalue weighted by atomic mass is 10.1. The van der Waals surface area contributed by atoms with Crippen molar-refractivity contribution in [1.82, 2.24) is 5.32 Å². The predicted octanol–water partition coefficient (Wildman–Crippen LogP) is 5.42. The molecule has 0 radical (unpaired) electrons. The number of hydrogen-bond donors (Lipinski definition) is 1. The van der Waals surface area contributed by atoms with Gasteiger partial charge in [0.15, 0.2) is 0 Å². The van der Waals surface area contributed by atoms with E-state index < -0.39 is 0 Å². The van der Waals surface area contributed by atoms with Crippen LogP contribution in [0.25, 0.3) is 10.1 Å². The van der Waals surface area contributed by atoms with E-state index in [4.69, 9.17) is 0 Å². The van der Waals surface area contributed by atoms with Gasteiger partial charge in [-0.1, -0.05) is 13.0 Å². The lowest BCUT2D eigenvalue weighted by Crippen LogP contribution is -2.20. The highest BCUT2D eigenvalue weighted by molar-refractivity contribution is 7.19. The number of aryl methyl sites for hydroxylation is 2. The van der Waals surface area contributed by atoms with Crippen LogP contribution >= 0.6 is 22.7 Å². The molecule has 0 aliphatic rings. The van der Waals surface area contributed by atoms with E-state index in [2.05, 4.69) is 38.2 Å². The SMILES string of the molecule is CCNC(c1cc2ccc(F)cc2s1)c1sc(C)cc1C. The van der Waals surface area contributed by atoms with Crippen LogP contribution in [0.1, 0.15) is 33.2 Å². The number of halogens is 1. The van der Waals surface area contributed by atoms with Gasteiger partial charge in [0.25, 0.3) is 0 Å². The zero-order chi connectivity index (χ0) is 15.0. The van der Waals surface area contributed by atoms with Crippen LogP contribution in [0.2, 0.25) is 0 Å². The van der Waals surface area contributed by atoms with Crippen molar-refractivity contribution in [2.45, 2.75) is 26.8 Å². The molecule has 0 bridgehead atoms. The van der Waals surface area contributed by atoms with Gasteiger partial charge in [0.1, 0.15) is 5.82 Å². The molecule has 2 heterocycles. The first-order valence-corrected chi connectivity index (χ1v) is 8.71. The van der Waals surface area contributed by atoms with E-state index in [0.29, 0.717) is 0 Å². The minimum atomic E-state index is -0.168. The Morgan fingerprint density at radius 3 is 2.62 bits per heavy atom. The van der Waals surface area contributed by atoms with Crippen molar-refractivity contribution in [1.29, 1.82) is 0 Å². The fourth-order valence-electron chi connectivity index (χ4n) is 2.64. The van der Waals surface area contributed by atoms with E-state index in [0.717, 1.165) is 16.6 Å². The zero-order valence-corrected chi connectivity index (χ0v) is 14.0. The van der Waals surface area contributed by atoms with E-state index in [9.17, 15) is 4.39 Å². The normalized spacial score (nSPS) is 13.0. The number of rotatable bonds is 4. The van der Waals surface area contributed by atoms with Crippen LogP contribution in [0.5, 0.6) is 0 Å². The van der Waals surface area contributed by atoms with Gasteiger partial charge < -0.3 is 5.32 Å². The lowest BCUT2D eigenvalue weighted by Gasteiger charge is -2.16. The third-order valence-corrected chi connectivity index (χ3v) is 5.92. The van der Waals surface area contributed by atoms with Crippen LogP contribution in [0.15, 0.2) is 30.3 Å². The van der Waals surface area contributed by atoms with Crippen LogP contribution in [-0.2, 0) is 0 Å². The van der Waals surface area contributed by atoms with Gasteiger partial charge in [0.05, 0.1) is 6.04 Å². The van der Waals surface area contributed by atoms with Crippen molar-refractivity contribution in [3.05, 3.63) is 56.3 Å². The van der Waals surface area contributed by atoms with E-state index in [-0.39, 0.29) is 11.9 Å². The Balaban J connectivity index is 2.08. The Bertz CT molecular complexity index is 772. The van der Waals surface area contributed by atoms with Crippen LogP contribution in [0.3, 0.4) is 0 Å². The van der Waals surface area contributed by atoms with E-state index in [1.54, 1.807) is 17.4 Å². The molecule has 0 aliphatic heterocycles. The van der Waals surface area contributed by atoms with Crippen LogP contribution in [0, 0.1) is 19.7 Å². The van der Waals surface area contributed by atoms with Crippen molar-refractivity contribution in [2.24, 2.45) is 0 Å². The quantitative estimate of drug-likeness (QED) is 0.677. The average Bonchev–Trinajstić information content (AvgIpc) is 2.98. The first-order chi connectivity index (χ1) is 10.1. The standard InChI is InChI=1S/C17H18FNS2/c1-4-19-16(17-10(2)7-11(3)20-17)15-8-12-5-6-13(18)9-14(12)21-15/h5-9,16,19H,4H2,1-3H3. The molecule has 0 saturated heterocycles. The molecule has 2 aromatic heterocycles. The minimum absolute atomic E-state index is 0.168. The molecule has 0 saturated carbocycles. The molecule has 1 atom stereocenters. The van der Waals surface area contributed by atoms with Gasteiger partial charge in [-0.2, -0.15) is 0 Å². The monoisotopic (exact) mass is 319 g/mol. The second-order valence-electron chi connectivity index (χ2n) is 5.23. The van der Waals surface area contributed by atoms with E-state index in [1.165, 1.54) is 26.3 Å². The van der Waals surface area contributed by atoms with Crippen molar-refractivity contribution in [3.8, 4) is 0 Å². The molecule has 4 heteroatoms. The van der Waals surface area contributed by atoms with Gasteiger partial charge in [-0.3, -0.25) is 0 Å². The highest BCUT2D eigenvalue weighted by Crippen LogP contribution is 2.37. The lowest BCUT2D eigenvalue weighted by molar-refractivity contribution is 0.630. The number of hydrogen-bond acceptors (Lipinski definition) is 3. The van der Waals surface area contributed by atoms with Gasteiger partial charge in [-0.25, -0.2) is 4.39 Å². The molecule has 1 nitrogen and oxygen atoms in total. The molecule has 0 aliphatic carbocycles. The minimum Gasteiger partial charge on any atom is -0.305 e. The molecule has 1 N–H and O–H groups in total. The predicted molar refractivity (Wildman–Crippen MR) is 91.1 cm³/mol. The summed E-state index contributed by atoms with van der Waals surface area (Å²) in [6.07, 6.45) is 0. The van der Waals surface area contributed by atoms with Gasteiger partial charge in [0.2, 0.25) is 0 Å². The second-order valence-corrected chi connectivity index (χ2v) is 7.63. The van der Waals surface area contributed by atoms with Crippen LogP contribution in [0.4, 0.5) is 4.39 Å². The summed E-state index contributed by atoms with van der Waals surface area (Å²) in [5.41, 5.74) is 1.33. The number of thiophene rings is 2. The van der Waals surface area contributed by atoms with Gasteiger partial charge in [-0.05, 0) is 55.6 Å². The first-order valence-electron chi connectivity index (χ1n) is 7.07. The van der Waals surface area contributed by atoms with E-state index >= 15 is 0 Å². The molecule has 21 heavy (non-hydrogen) atoms. The third kappa shape index (κ3) is 2.89. The van der Waals surface area contributed by atoms with Crippen molar-refractivity contribution in [3.63, 3.8) is 0 Å². The highest BCUT2D eigenvalue weighted by Gasteiger charge is 2.20. The molecule has 3 rings (SSSR count). The first kappa shape index (κ1) is 14.7. The maximum atomic E-state index is 13.4. The Morgan fingerprint density at radius 1 is 1.14 bits per heavy atom. The zero-order valence-electron chi connectivity index (χ0n) is 12.4. The summed E-state index contributed by atoms with van der Waals surface area (Å²) >= 11 is 3.52. The molecule has 110 valence electrons. The molecule has 0 amide bonds.